The van der Waals surface area contributed by atoms with Crippen molar-refractivity contribution in [3.05, 3.63) is 92.5 Å². The highest BCUT2D eigenvalue weighted by atomic mass is 32.2. The van der Waals surface area contributed by atoms with Crippen LogP contribution in [0.15, 0.2) is 69.2 Å². The number of H-pyrrole nitrogens is 2. The van der Waals surface area contributed by atoms with Gasteiger partial charge >= 0.3 is 5.69 Å². The lowest BCUT2D eigenvalue weighted by molar-refractivity contribution is 0.0844. The van der Waals surface area contributed by atoms with Crippen LogP contribution in [-0.4, -0.2) is 30.2 Å². The average molecular weight is 447 g/mol. The van der Waals surface area contributed by atoms with Crippen LogP contribution in [0.5, 0.6) is 0 Å². The molecule has 0 fully saturated rings. The number of amides is 2. The molecule has 0 spiro atoms. The molecule has 1 heterocycles. The summed E-state index contributed by atoms with van der Waals surface area (Å²) in [4.78, 5) is 50.4. The second-order valence-corrected chi connectivity index (χ2v) is 7.63. The molecular weight excluding hydrogens is 433 g/mol. The van der Waals surface area contributed by atoms with Crippen LogP contribution in [0, 0.1) is 5.82 Å². The first-order chi connectivity index (χ1) is 14.7. The van der Waals surface area contributed by atoms with E-state index in [4.69, 9.17) is 0 Å². The number of halogens is 1. The zero-order valence-electron chi connectivity index (χ0n) is 15.4. The van der Waals surface area contributed by atoms with E-state index in [0.717, 1.165) is 6.07 Å². The Bertz CT molecular complexity index is 1380. The molecule has 5 N–H and O–H groups in total. The number of carbonyl (C=O) groups excluding carboxylic acids is 2. The minimum atomic E-state index is -4.48. The van der Waals surface area contributed by atoms with Gasteiger partial charge in [-0.2, -0.15) is 0 Å². The van der Waals surface area contributed by atoms with Crippen LogP contribution < -0.4 is 26.8 Å². The molecule has 0 atom stereocenters. The molecule has 2 aromatic carbocycles. The van der Waals surface area contributed by atoms with E-state index in [0.29, 0.717) is 6.20 Å². The Labute approximate surface area is 173 Å². The molecule has 0 radical (unpaired) electrons. The van der Waals surface area contributed by atoms with E-state index >= 15 is 0 Å². The van der Waals surface area contributed by atoms with Gasteiger partial charge in [0.1, 0.15) is 5.82 Å². The summed E-state index contributed by atoms with van der Waals surface area (Å²) in [5, 5.41) is 0. The van der Waals surface area contributed by atoms with Crippen molar-refractivity contribution in [2.45, 2.75) is 4.90 Å². The van der Waals surface area contributed by atoms with Gasteiger partial charge < -0.3 is 4.98 Å². The van der Waals surface area contributed by atoms with E-state index < -0.39 is 43.8 Å². The first-order valence-electron chi connectivity index (χ1n) is 8.48. The number of carbonyl (C=O) groups is 2. The molecule has 160 valence electrons. The van der Waals surface area contributed by atoms with Crippen molar-refractivity contribution in [1.82, 2.24) is 20.8 Å². The lowest BCUT2D eigenvalue weighted by Gasteiger charge is -2.13. The molecule has 0 saturated carbocycles. The fraction of sp³-hybridized carbons (Fsp3) is 0. The zero-order chi connectivity index (χ0) is 22.6. The molecule has 0 aliphatic heterocycles. The van der Waals surface area contributed by atoms with Crippen molar-refractivity contribution in [2.24, 2.45) is 0 Å². The Kier molecular flexibility index (Phi) is 5.97. The number of benzene rings is 2. The standard InChI is InChI=1S/C18H14FN5O6S/c19-12-7-3-1-5-10(12)15(25)22-23-16(26)11-6-2-4-8-13(11)24-31(29,30)14-9-20-18(28)21-17(14)27/h1-9,24H,(H,22,25)(H,23,26)(H2,20,21,27,28). The molecule has 2 amide bonds. The lowest BCUT2D eigenvalue weighted by atomic mass is 10.2. The number of anilines is 1. The Morgan fingerprint density at radius 2 is 1.45 bits per heavy atom. The largest absolute Gasteiger partial charge is 0.325 e. The van der Waals surface area contributed by atoms with Gasteiger partial charge in [0.2, 0.25) is 0 Å². The molecule has 0 aliphatic rings. The smallest absolute Gasteiger partial charge is 0.313 e. The van der Waals surface area contributed by atoms with Gasteiger partial charge in [-0.25, -0.2) is 17.6 Å². The maximum atomic E-state index is 13.7. The molecule has 13 heteroatoms. The monoisotopic (exact) mass is 447 g/mol. The molecule has 31 heavy (non-hydrogen) atoms. The average Bonchev–Trinajstić information content (AvgIpc) is 2.72. The fourth-order valence-electron chi connectivity index (χ4n) is 2.46. The molecule has 0 unspecified atom stereocenters. The van der Waals surface area contributed by atoms with Gasteiger partial charge in [0, 0.05) is 6.20 Å². The Morgan fingerprint density at radius 1 is 0.871 bits per heavy atom. The van der Waals surface area contributed by atoms with Crippen molar-refractivity contribution in [3.8, 4) is 0 Å². The first-order valence-corrected chi connectivity index (χ1v) is 9.96. The zero-order valence-corrected chi connectivity index (χ0v) is 16.2. The summed E-state index contributed by atoms with van der Waals surface area (Å²) in [7, 11) is -4.48. The third kappa shape index (κ3) is 4.84. The second-order valence-electron chi connectivity index (χ2n) is 5.98. The van der Waals surface area contributed by atoms with Crippen molar-refractivity contribution in [1.29, 1.82) is 0 Å². The SMILES string of the molecule is O=C(NNC(=O)c1ccccc1NS(=O)(=O)c1c[nH]c(=O)[nH]c1=O)c1ccccc1F. The predicted molar refractivity (Wildman–Crippen MR) is 106 cm³/mol. The summed E-state index contributed by atoms with van der Waals surface area (Å²) < 4.78 is 40.7. The number of hydrogen-bond donors (Lipinski definition) is 5. The van der Waals surface area contributed by atoms with Gasteiger partial charge in [-0.3, -0.25) is 34.9 Å². The lowest BCUT2D eigenvalue weighted by Crippen LogP contribution is -2.42. The minimum absolute atomic E-state index is 0.208. The third-order valence-electron chi connectivity index (χ3n) is 3.90. The van der Waals surface area contributed by atoms with Crippen molar-refractivity contribution in [2.75, 3.05) is 4.72 Å². The predicted octanol–water partition coefficient (Wildman–Crippen LogP) is 0.0779. The fourth-order valence-corrected chi connectivity index (χ4v) is 3.55. The third-order valence-corrected chi connectivity index (χ3v) is 5.27. The van der Waals surface area contributed by atoms with E-state index in [1.54, 1.807) is 4.98 Å². The number of para-hydroxylation sites is 1. The number of sulfonamides is 1. The van der Waals surface area contributed by atoms with Crippen molar-refractivity contribution >= 4 is 27.5 Å². The minimum Gasteiger partial charge on any atom is -0.313 e. The van der Waals surface area contributed by atoms with E-state index in [1.807, 2.05) is 10.4 Å². The summed E-state index contributed by atoms with van der Waals surface area (Å²) in [5.41, 5.74) is 1.29. The van der Waals surface area contributed by atoms with Crippen LogP contribution in [0.4, 0.5) is 10.1 Å². The molecule has 3 aromatic rings. The van der Waals surface area contributed by atoms with E-state index in [-0.39, 0.29) is 16.8 Å². The summed E-state index contributed by atoms with van der Waals surface area (Å²) in [5.74, 6) is -2.64. The summed E-state index contributed by atoms with van der Waals surface area (Å²) in [6, 6.07) is 10.4. The van der Waals surface area contributed by atoms with Gasteiger partial charge in [0.15, 0.2) is 4.90 Å². The summed E-state index contributed by atoms with van der Waals surface area (Å²) in [6.07, 6.45) is 0.709. The second kappa shape index (κ2) is 8.62. The topological polar surface area (TPSA) is 170 Å². The van der Waals surface area contributed by atoms with E-state index in [2.05, 4.69) is 10.1 Å². The van der Waals surface area contributed by atoms with Crippen LogP contribution in [0.2, 0.25) is 0 Å². The maximum Gasteiger partial charge on any atom is 0.325 e. The molecule has 11 nitrogen and oxygen atoms in total. The van der Waals surface area contributed by atoms with Gasteiger partial charge in [-0.05, 0) is 24.3 Å². The highest BCUT2D eigenvalue weighted by Gasteiger charge is 2.22. The summed E-state index contributed by atoms with van der Waals surface area (Å²) in [6.45, 7) is 0. The maximum absolute atomic E-state index is 13.7. The van der Waals surface area contributed by atoms with E-state index in [1.165, 1.54) is 42.5 Å². The van der Waals surface area contributed by atoms with Gasteiger partial charge in [-0.1, -0.05) is 24.3 Å². The molecule has 0 saturated heterocycles. The Morgan fingerprint density at radius 3 is 2.10 bits per heavy atom. The Hall–Kier alpha value is -4.26. The van der Waals surface area contributed by atoms with Crippen LogP contribution in [0.3, 0.4) is 0 Å². The van der Waals surface area contributed by atoms with Crippen LogP contribution >= 0.6 is 0 Å². The van der Waals surface area contributed by atoms with Crippen molar-refractivity contribution < 1.29 is 22.4 Å². The van der Waals surface area contributed by atoms with Crippen LogP contribution in [0.25, 0.3) is 0 Å². The highest BCUT2D eigenvalue weighted by Crippen LogP contribution is 2.18. The quantitative estimate of drug-likeness (QED) is 0.347. The molecule has 0 bridgehead atoms. The first kappa shape index (κ1) is 21.4. The molecule has 0 aliphatic carbocycles. The number of hydrogen-bond acceptors (Lipinski definition) is 6. The van der Waals surface area contributed by atoms with E-state index in [9.17, 15) is 32.0 Å². The van der Waals surface area contributed by atoms with Gasteiger partial charge in [-0.15, -0.1) is 0 Å². The molecular formula is C18H14FN5O6S. The number of aromatic nitrogens is 2. The number of nitrogens with one attached hydrogen (secondary N) is 5. The normalized spacial score (nSPS) is 10.9. The Balaban J connectivity index is 1.80. The number of rotatable bonds is 5. The number of hydrazine groups is 1. The van der Waals surface area contributed by atoms with Crippen LogP contribution in [-0.2, 0) is 10.0 Å². The highest BCUT2D eigenvalue weighted by molar-refractivity contribution is 7.92. The van der Waals surface area contributed by atoms with Gasteiger partial charge in [0.05, 0.1) is 16.8 Å². The summed E-state index contributed by atoms with van der Waals surface area (Å²) >= 11 is 0. The van der Waals surface area contributed by atoms with Gasteiger partial charge in [0.25, 0.3) is 27.4 Å². The molecule has 1 aromatic heterocycles. The molecule has 3 rings (SSSR count). The number of aromatic amines is 2. The van der Waals surface area contributed by atoms with Crippen molar-refractivity contribution in [3.63, 3.8) is 0 Å². The van der Waals surface area contributed by atoms with Crippen LogP contribution in [0.1, 0.15) is 20.7 Å².